The van der Waals surface area contributed by atoms with E-state index in [-0.39, 0.29) is 12.3 Å². The van der Waals surface area contributed by atoms with E-state index < -0.39 is 12.0 Å². The Hall–Kier alpha value is -2.67. The molecule has 0 fully saturated rings. The van der Waals surface area contributed by atoms with E-state index in [1.54, 1.807) is 0 Å². The van der Waals surface area contributed by atoms with Crippen molar-refractivity contribution in [3.8, 4) is 0 Å². The zero-order chi connectivity index (χ0) is 22.0. The SMILES string of the molecule is COC(=O)NC(=O)c1c(NC(=O)Cc2c(C)cc(C)cc2C)sc2c1CCC(C)C2. The van der Waals surface area contributed by atoms with Crippen LogP contribution in [0.1, 0.15) is 56.4 Å². The molecule has 1 atom stereocenters. The molecule has 0 saturated heterocycles. The van der Waals surface area contributed by atoms with Gasteiger partial charge in [0.1, 0.15) is 5.00 Å². The molecule has 2 N–H and O–H groups in total. The summed E-state index contributed by atoms with van der Waals surface area (Å²) in [5.41, 5.74) is 5.62. The number of ether oxygens (including phenoxy) is 1. The normalized spacial score (nSPS) is 15.3. The second-order valence-corrected chi connectivity index (χ2v) is 9.21. The Morgan fingerprint density at radius 3 is 2.47 bits per heavy atom. The number of hydrogen-bond acceptors (Lipinski definition) is 5. The van der Waals surface area contributed by atoms with Gasteiger partial charge in [-0.2, -0.15) is 0 Å². The van der Waals surface area contributed by atoms with E-state index in [9.17, 15) is 14.4 Å². The smallest absolute Gasteiger partial charge is 0.413 e. The van der Waals surface area contributed by atoms with Crippen molar-refractivity contribution < 1.29 is 19.1 Å². The lowest BCUT2D eigenvalue weighted by Gasteiger charge is -2.18. The number of imide groups is 1. The minimum atomic E-state index is -0.813. The molecule has 3 amide bonds. The summed E-state index contributed by atoms with van der Waals surface area (Å²) < 4.78 is 4.56. The number of methoxy groups -OCH3 is 1. The molecule has 7 heteroatoms. The van der Waals surface area contributed by atoms with Gasteiger partial charge in [-0.05, 0) is 68.2 Å². The maximum Gasteiger partial charge on any atom is 0.413 e. The molecule has 160 valence electrons. The van der Waals surface area contributed by atoms with Gasteiger partial charge in [-0.3, -0.25) is 14.9 Å². The molecule has 0 bridgehead atoms. The molecule has 1 unspecified atom stereocenters. The molecule has 1 heterocycles. The van der Waals surface area contributed by atoms with E-state index in [4.69, 9.17) is 0 Å². The van der Waals surface area contributed by atoms with E-state index in [1.165, 1.54) is 18.4 Å². The molecule has 3 rings (SSSR count). The number of anilines is 1. The Bertz CT molecular complexity index is 986. The van der Waals surface area contributed by atoms with Gasteiger partial charge in [0, 0.05) is 4.88 Å². The van der Waals surface area contributed by atoms with Gasteiger partial charge in [0.15, 0.2) is 0 Å². The van der Waals surface area contributed by atoms with Crippen LogP contribution in [0.2, 0.25) is 0 Å². The van der Waals surface area contributed by atoms with Crippen LogP contribution >= 0.6 is 11.3 Å². The molecule has 30 heavy (non-hydrogen) atoms. The number of thiophene rings is 1. The van der Waals surface area contributed by atoms with Crippen molar-refractivity contribution in [3.63, 3.8) is 0 Å². The number of aryl methyl sites for hydroxylation is 3. The van der Waals surface area contributed by atoms with Crippen LogP contribution in [0.3, 0.4) is 0 Å². The van der Waals surface area contributed by atoms with Gasteiger partial charge in [-0.25, -0.2) is 4.79 Å². The van der Waals surface area contributed by atoms with E-state index >= 15 is 0 Å². The number of amides is 3. The number of rotatable bonds is 4. The maximum absolute atomic E-state index is 12.9. The van der Waals surface area contributed by atoms with Gasteiger partial charge >= 0.3 is 6.09 Å². The number of fused-ring (bicyclic) bond motifs is 1. The molecule has 0 radical (unpaired) electrons. The van der Waals surface area contributed by atoms with Crippen LogP contribution in [0.25, 0.3) is 0 Å². The molecule has 1 aromatic carbocycles. The monoisotopic (exact) mass is 428 g/mol. The standard InChI is InChI=1S/C23H28N2O4S/c1-12-6-7-16-18(10-12)30-22(20(16)21(27)25-23(28)29-5)24-19(26)11-17-14(3)8-13(2)9-15(17)4/h8-9,12H,6-7,10-11H2,1-5H3,(H,24,26)(H,25,27,28). The number of carbonyl (C=O) groups excluding carboxylic acids is 3. The molecule has 0 aliphatic heterocycles. The fourth-order valence-electron chi connectivity index (χ4n) is 4.11. The fraction of sp³-hybridized carbons (Fsp3) is 0.435. The van der Waals surface area contributed by atoms with Gasteiger partial charge in [0.2, 0.25) is 5.91 Å². The molecule has 1 aromatic heterocycles. The highest BCUT2D eigenvalue weighted by molar-refractivity contribution is 7.17. The Morgan fingerprint density at radius 1 is 1.17 bits per heavy atom. The van der Waals surface area contributed by atoms with E-state index in [1.807, 2.05) is 20.8 Å². The maximum atomic E-state index is 12.9. The predicted molar refractivity (Wildman–Crippen MR) is 118 cm³/mol. The highest BCUT2D eigenvalue weighted by Gasteiger charge is 2.29. The Kier molecular flexibility index (Phi) is 6.61. The summed E-state index contributed by atoms with van der Waals surface area (Å²) >= 11 is 1.43. The first-order chi connectivity index (χ1) is 14.2. The van der Waals surface area contributed by atoms with Crippen LogP contribution in [0.4, 0.5) is 9.80 Å². The number of alkyl carbamates (subject to hydrolysis) is 1. The van der Waals surface area contributed by atoms with Gasteiger partial charge in [-0.15, -0.1) is 11.3 Å². The summed E-state index contributed by atoms with van der Waals surface area (Å²) in [7, 11) is 1.21. The summed E-state index contributed by atoms with van der Waals surface area (Å²) in [5, 5.41) is 5.68. The average molecular weight is 429 g/mol. The van der Waals surface area contributed by atoms with Gasteiger partial charge < -0.3 is 10.1 Å². The summed E-state index contributed by atoms with van der Waals surface area (Å²) in [4.78, 5) is 38.3. The predicted octanol–water partition coefficient (Wildman–Crippen LogP) is 4.48. The summed E-state index contributed by atoms with van der Waals surface area (Å²) in [5.74, 6) is -0.190. The van der Waals surface area contributed by atoms with Crippen LogP contribution in [-0.2, 0) is 28.8 Å². The molecule has 6 nitrogen and oxygen atoms in total. The van der Waals surface area contributed by atoms with E-state index in [0.717, 1.165) is 52.0 Å². The Balaban J connectivity index is 1.89. The van der Waals surface area contributed by atoms with Crippen molar-refractivity contribution in [1.82, 2.24) is 5.32 Å². The molecular formula is C23H28N2O4S. The molecule has 0 saturated carbocycles. The molecule has 0 spiro atoms. The summed E-state index contributed by atoms with van der Waals surface area (Å²) in [6, 6.07) is 4.13. The first-order valence-electron chi connectivity index (χ1n) is 10.1. The number of hydrogen-bond donors (Lipinski definition) is 2. The highest BCUT2D eigenvalue weighted by Crippen LogP contribution is 2.39. The minimum absolute atomic E-state index is 0.177. The second-order valence-electron chi connectivity index (χ2n) is 8.10. The number of nitrogens with one attached hydrogen (secondary N) is 2. The largest absolute Gasteiger partial charge is 0.453 e. The van der Waals surface area contributed by atoms with Crippen molar-refractivity contribution in [2.24, 2.45) is 5.92 Å². The van der Waals surface area contributed by atoms with Crippen LogP contribution in [0.5, 0.6) is 0 Å². The van der Waals surface area contributed by atoms with Gasteiger partial charge in [0.25, 0.3) is 5.91 Å². The van der Waals surface area contributed by atoms with Crippen LogP contribution in [0.15, 0.2) is 12.1 Å². The zero-order valence-electron chi connectivity index (χ0n) is 18.1. The molecular weight excluding hydrogens is 400 g/mol. The number of carbonyl (C=O) groups is 3. The minimum Gasteiger partial charge on any atom is -0.453 e. The fourth-order valence-corrected chi connectivity index (χ4v) is 5.53. The van der Waals surface area contributed by atoms with Crippen molar-refractivity contribution >= 4 is 34.2 Å². The van der Waals surface area contributed by atoms with Gasteiger partial charge in [-0.1, -0.05) is 24.6 Å². The van der Waals surface area contributed by atoms with Crippen molar-refractivity contribution in [2.75, 3.05) is 12.4 Å². The average Bonchev–Trinajstić information content (AvgIpc) is 3.01. The van der Waals surface area contributed by atoms with Crippen molar-refractivity contribution in [1.29, 1.82) is 0 Å². The molecule has 1 aliphatic carbocycles. The first kappa shape index (κ1) is 22.0. The number of benzene rings is 1. The van der Waals surface area contributed by atoms with Crippen molar-refractivity contribution in [2.45, 2.75) is 53.4 Å². The van der Waals surface area contributed by atoms with Crippen LogP contribution in [-0.4, -0.2) is 25.0 Å². The molecule has 1 aliphatic rings. The third-order valence-electron chi connectivity index (χ3n) is 5.57. The zero-order valence-corrected chi connectivity index (χ0v) is 18.9. The van der Waals surface area contributed by atoms with Crippen LogP contribution in [0, 0.1) is 26.7 Å². The third-order valence-corrected chi connectivity index (χ3v) is 6.74. The summed E-state index contributed by atoms with van der Waals surface area (Å²) in [6.45, 7) is 8.22. The van der Waals surface area contributed by atoms with E-state index in [0.29, 0.717) is 16.5 Å². The lowest BCUT2D eigenvalue weighted by Crippen LogP contribution is -2.31. The lowest BCUT2D eigenvalue weighted by molar-refractivity contribution is -0.115. The second kappa shape index (κ2) is 9.00. The Labute approximate surface area is 181 Å². The van der Waals surface area contributed by atoms with E-state index in [2.05, 4.69) is 34.4 Å². The lowest BCUT2D eigenvalue weighted by atomic mass is 9.88. The molecule has 2 aromatic rings. The first-order valence-corrected chi connectivity index (χ1v) is 10.9. The van der Waals surface area contributed by atoms with Crippen LogP contribution < -0.4 is 10.6 Å². The quantitative estimate of drug-likeness (QED) is 0.752. The van der Waals surface area contributed by atoms with Gasteiger partial charge in [0.05, 0.1) is 19.1 Å². The van der Waals surface area contributed by atoms with Crippen molar-refractivity contribution in [3.05, 3.63) is 50.4 Å². The third kappa shape index (κ3) is 4.73. The summed E-state index contributed by atoms with van der Waals surface area (Å²) in [6.07, 6.45) is 2.01. The topological polar surface area (TPSA) is 84.5 Å². The Morgan fingerprint density at radius 2 is 1.83 bits per heavy atom. The highest BCUT2D eigenvalue weighted by atomic mass is 32.1.